The van der Waals surface area contributed by atoms with Crippen molar-refractivity contribution in [1.29, 1.82) is 0 Å². The second kappa shape index (κ2) is 10.3. The molecule has 2 fully saturated rings. The number of hydrogen-bond acceptors (Lipinski definition) is 7. The molecule has 1 aliphatic heterocycles. The summed E-state index contributed by atoms with van der Waals surface area (Å²) in [6.07, 6.45) is 3.74. The zero-order valence-corrected chi connectivity index (χ0v) is 20.6. The molecule has 0 aromatic carbocycles. The molecular weight excluding hydrogens is 475 g/mol. The van der Waals surface area contributed by atoms with Gasteiger partial charge in [0.15, 0.2) is 5.82 Å². The lowest BCUT2D eigenvalue weighted by Gasteiger charge is -2.28. The van der Waals surface area contributed by atoms with Crippen LogP contribution in [0.2, 0.25) is 0 Å². The number of rotatable bonds is 5. The van der Waals surface area contributed by atoms with Gasteiger partial charge in [-0.2, -0.15) is 5.10 Å². The van der Waals surface area contributed by atoms with Gasteiger partial charge in [-0.05, 0) is 76.5 Å². The summed E-state index contributed by atoms with van der Waals surface area (Å²) in [6, 6.07) is 4.49. The minimum atomic E-state index is -4.75. The van der Waals surface area contributed by atoms with Crippen molar-refractivity contribution in [2.24, 2.45) is 0 Å². The Morgan fingerprint density at radius 1 is 1.06 bits per heavy atom. The number of anilines is 1. The first-order chi connectivity index (χ1) is 17.1. The number of hydrogen-bond donors (Lipinski definition) is 0. The van der Waals surface area contributed by atoms with Gasteiger partial charge in [0.2, 0.25) is 0 Å². The fourth-order valence-electron chi connectivity index (χ4n) is 4.17. The first-order valence-electron chi connectivity index (χ1n) is 12.0. The van der Waals surface area contributed by atoms with E-state index in [1.807, 2.05) is 26.8 Å². The van der Waals surface area contributed by atoms with Gasteiger partial charge in [-0.25, -0.2) is 9.50 Å². The van der Waals surface area contributed by atoms with Crippen LogP contribution in [0.4, 0.5) is 19.0 Å². The van der Waals surface area contributed by atoms with Crippen LogP contribution < -0.4 is 9.64 Å². The molecule has 1 saturated heterocycles. The average Bonchev–Trinajstić information content (AvgIpc) is 3.58. The highest BCUT2D eigenvalue weighted by molar-refractivity contribution is 5.80. The van der Waals surface area contributed by atoms with Crippen molar-refractivity contribution in [2.45, 2.75) is 70.8 Å². The molecule has 2 aliphatic rings. The number of piperidine rings is 1. The molecule has 3 aromatic heterocycles. The van der Waals surface area contributed by atoms with Gasteiger partial charge in [0.05, 0.1) is 11.4 Å². The molecule has 11 heteroatoms. The standard InChI is InChI=1S/C20H20F3N5O.C5H10O2/c21-20(22,23)29-14-6-7-24-16(10-14)17-11-15(13-4-5-13)18-19(25-12-26-28(17)18)27-8-2-1-3-9-27;1-5(2,3)7-4-6/h6-7,10-13H,1-5,8-9H2;4H,1-3H3. The van der Waals surface area contributed by atoms with Gasteiger partial charge in [0.1, 0.15) is 23.2 Å². The molecule has 0 amide bonds. The minimum Gasteiger partial charge on any atom is -0.462 e. The van der Waals surface area contributed by atoms with Crippen LogP contribution in [0.3, 0.4) is 0 Å². The molecule has 0 N–H and O–H groups in total. The molecule has 1 saturated carbocycles. The van der Waals surface area contributed by atoms with E-state index in [1.165, 1.54) is 31.1 Å². The Labute approximate surface area is 207 Å². The smallest absolute Gasteiger partial charge is 0.462 e. The molecule has 1 aliphatic carbocycles. The Balaban J connectivity index is 0.000000384. The molecule has 36 heavy (non-hydrogen) atoms. The zero-order chi connectivity index (χ0) is 25.9. The molecule has 0 radical (unpaired) electrons. The molecule has 4 heterocycles. The van der Waals surface area contributed by atoms with Crippen molar-refractivity contribution >= 4 is 17.8 Å². The maximum atomic E-state index is 12.6. The lowest BCUT2D eigenvalue weighted by molar-refractivity contribution is -0.274. The predicted molar refractivity (Wildman–Crippen MR) is 128 cm³/mol. The van der Waals surface area contributed by atoms with Gasteiger partial charge in [0.25, 0.3) is 6.47 Å². The normalized spacial score (nSPS) is 16.3. The van der Waals surface area contributed by atoms with E-state index < -0.39 is 6.36 Å². The SMILES string of the molecule is CC(C)(C)OC=O.FC(F)(F)Oc1ccnc(-c2cc(C3CC3)c3c(N4CCCCC4)ncnn23)c1. The molecule has 3 aromatic rings. The van der Waals surface area contributed by atoms with E-state index in [0.29, 0.717) is 23.8 Å². The summed E-state index contributed by atoms with van der Waals surface area (Å²) in [5.41, 5.74) is 2.80. The summed E-state index contributed by atoms with van der Waals surface area (Å²) in [5.74, 6) is 1.04. The number of halogens is 3. The molecule has 0 spiro atoms. The minimum absolute atomic E-state index is 0.296. The maximum Gasteiger partial charge on any atom is 0.573 e. The van der Waals surface area contributed by atoms with Crippen LogP contribution >= 0.6 is 0 Å². The molecule has 0 atom stereocenters. The van der Waals surface area contributed by atoms with Crippen LogP contribution in [-0.2, 0) is 9.53 Å². The highest BCUT2D eigenvalue weighted by Crippen LogP contribution is 2.46. The van der Waals surface area contributed by atoms with Gasteiger partial charge in [0, 0.05) is 25.4 Å². The van der Waals surface area contributed by atoms with Crippen molar-refractivity contribution in [2.75, 3.05) is 18.0 Å². The van der Waals surface area contributed by atoms with Gasteiger partial charge >= 0.3 is 6.36 Å². The Hall–Kier alpha value is -3.37. The topological polar surface area (TPSA) is 81.9 Å². The average molecular weight is 506 g/mol. The monoisotopic (exact) mass is 505 g/mol. The third kappa shape index (κ3) is 6.44. The van der Waals surface area contributed by atoms with Crippen molar-refractivity contribution < 1.29 is 27.4 Å². The summed E-state index contributed by atoms with van der Waals surface area (Å²) in [4.78, 5) is 20.7. The highest BCUT2D eigenvalue weighted by atomic mass is 19.4. The summed E-state index contributed by atoms with van der Waals surface area (Å²) in [6.45, 7) is 7.82. The number of carbonyl (C=O) groups is 1. The van der Waals surface area contributed by atoms with E-state index in [-0.39, 0.29) is 11.4 Å². The molecule has 5 rings (SSSR count). The van der Waals surface area contributed by atoms with Gasteiger partial charge in [-0.15, -0.1) is 13.2 Å². The Kier molecular flexibility index (Phi) is 7.37. The number of pyridine rings is 1. The van der Waals surface area contributed by atoms with E-state index in [9.17, 15) is 18.0 Å². The maximum absolute atomic E-state index is 12.6. The first kappa shape index (κ1) is 25.7. The van der Waals surface area contributed by atoms with Crippen molar-refractivity contribution in [3.8, 4) is 17.1 Å². The Morgan fingerprint density at radius 3 is 2.36 bits per heavy atom. The van der Waals surface area contributed by atoms with Gasteiger partial charge < -0.3 is 14.4 Å². The first-order valence-corrected chi connectivity index (χ1v) is 12.0. The van der Waals surface area contributed by atoms with Crippen molar-refractivity contribution in [3.63, 3.8) is 0 Å². The number of aromatic nitrogens is 4. The number of nitrogens with zero attached hydrogens (tertiary/aromatic N) is 5. The third-order valence-electron chi connectivity index (χ3n) is 5.87. The van der Waals surface area contributed by atoms with E-state index >= 15 is 0 Å². The van der Waals surface area contributed by atoms with Crippen molar-refractivity contribution in [3.05, 3.63) is 36.3 Å². The lowest BCUT2D eigenvalue weighted by atomic mass is 10.1. The summed E-state index contributed by atoms with van der Waals surface area (Å²) < 4.78 is 48.3. The van der Waals surface area contributed by atoms with Crippen LogP contribution in [0.25, 0.3) is 16.9 Å². The van der Waals surface area contributed by atoms with Crippen LogP contribution in [0.1, 0.15) is 64.4 Å². The third-order valence-corrected chi connectivity index (χ3v) is 5.87. The Morgan fingerprint density at radius 2 is 1.78 bits per heavy atom. The molecule has 0 unspecified atom stereocenters. The number of ether oxygens (including phenoxy) is 2. The van der Waals surface area contributed by atoms with Crippen LogP contribution in [0.5, 0.6) is 5.75 Å². The molecule has 0 bridgehead atoms. The Bertz CT molecular complexity index is 1200. The van der Waals surface area contributed by atoms with Crippen molar-refractivity contribution in [1.82, 2.24) is 19.6 Å². The lowest BCUT2D eigenvalue weighted by Crippen LogP contribution is -2.30. The number of alkyl halides is 3. The van der Waals surface area contributed by atoms with E-state index in [0.717, 1.165) is 55.7 Å². The largest absolute Gasteiger partial charge is 0.573 e. The summed E-state index contributed by atoms with van der Waals surface area (Å²) >= 11 is 0. The predicted octanol–water partition coefficient (Wildman–Crippen LogP) is 5.52. The summed E-state index contributed by atoms with van der Waals surface area (Å²) in [5, 5.41) is 4.42. The van der Waals surface area contributed by atoms with Crippen LogP contribution in [0.15, 0.2) is 30.7 Å². The number of fused-ring (bicyclic) bond motifs is 1. The fraction of sp³-hybridized carbons (Fsp3) is 0.520. The quantitative estimate of drug-likeness (QED) is 0.423. The second-order valence-corrected chi connectivity index (χ2v) is 9.90. The van der Waals surface area contributed by atoms with E-state index in [2.05, 4.69) is 29.4 Å². The van der Waals surface area contributed by atoms with Gasteiger partial charge in [-0.1, -0.05) is 0 Å². The summed E-state index contributed by atoms with van der Waals surface area (Å²) in [7, 11) is 0. The van der Waals surface area contributed by atoms with E-state index in [1.54, 1.807) is 4.52 Å². The molecule has 8 nitrogen and oxygen atoms in total. The molecule has 194 valence electrons. The highest BCUT2D eigenvalue weighted by Gasteiger charge is 2.33. The van der Waals surface area contributed by atoms with Crippen LogP contribution in [-0.4, -0.2) is 51.1 Å². The van der Waals surface area contributed by atoms with Crippen LogP contribution in [0, 0.1) is 0 Å². The fourth-order valence-corrected chi connectivity index (χ4v) is 4.17. The molecular formula is C25H30F3N5O3. The second-order valence-electron chi connectivity index (χ2n) is 9.90. The van der Waals surface area contributed by atoms with Gasteiger partial charge in [-0.3, -0.25) is 9.78 Å². The number of carbonyl (C=O) groups excluding carboxylic acids is 1. The van der Waals surface area contributed by atoms with E-state index in [4.69, 9.17) is 0 Å². The zero-order valence-electron chi connectivity index (χ0n) is 20.6.